The van der Waals surface area contributed by atoms with E-state index in [1.807, 2.05) is 45.0 Å². The minimum atomic E-state index is -0.426. The molecule has 0 amide bonds. The summed E-state index contributed by atoms with van der Waals surface area (Å²) in [6, 6.07) is 7.71. The van der Waals surface area contributed by atoms with Crippen molar-refractivity contribution >= 4 is 11.7 Å². The van der Waals surface area contributed by atoms with Gasteiger partial charge < -0.3 is 10.5 Å². The molecular formula is C15H23NO2. The Bertz CT molecular complexity index is 407. The molecule has 0 bridgehead atoms. The summed E-state index contributed by atoms with van der Waals surface area (Å²) in [5.74, 6) is 0.0140. The molecule has 0 radical (unpaired) electrons. The predicted octanol–water partition coefficient (Wildman–Crippen LogP) is 3.49. The summed E-state index contributed by atoms with van der Waals surface area (Å²) in [6.07, 6.45) is 1.29. The van der Waals surface area contributed by atoms with Crippen molar-refractivity contribution in [3.63, 3.8) is 0 Å². The van der Waals surface area contributed by atoms with Gasteiger partial charge in [-0.1, -0.05) is 19.1 Å². The normalized spacial score (nSPS) is 13.1. The van der Waals surface area contributed by atoms with Crippen molar-refractivity contribution < 1.29 is 9.53 Å². The van der Waals surface area contributed by atoms with Crippen LogP contribution in [0.3, 0.4) is 0 Å². The molecule has 100 valence electrons. The number of benzene rings is 1. The molecule has 18 heavy (non-hydrogen) atoms. The molecule has 0 fully saturated rings. The Hall–Kier alpha value is -1.51. The largest absolute Gasteiger partial charge is 0.460 e. The van der Waals surface area contributed by atoms with Gasteiger partial charge in [-0.3, -0.25) is 4.79 Å². The fraction of sp³-hybridized carbons (Fsp3) is 0.533. The first-order valence-electron chi connectivity index (χ1n) is 6.39. The van der Waals surface area contributed by atoms with Crippen LogP contribution in [0.2, 0.25) is 0 Å². The smallest absolute Gasteiger partial charge is 0.306 e. The van der Waals surface area contributed by atoms with E-state index in [9.17, 15) is 4.79 Å². The van der Waals surface area contributed by atoms with Crippen LogP contribution in [0.5, 0.6) is 0 Å². The SMILES string of the molecule is CC[C@H](CC(=O)OC(C)(C)C)c1cccc(N)c1. The van der Waals surface area contributed by atoms with Gasteiger partial charge in [0.15, 0.2) is 0 Å². The van der Waals surface area contributed by atoms with Gasteiger partial charge in [0.25, 0.3) is 0 Å². The molecule has 0 spiro atoms. The summed E-state index contributed by atoms with van der Waals surface area (Å²) in [5.41, 5.74) is 7.17. The number of hydrogen-bond donors (Lipinski definition) is 1. The van der Waals surface area contributed by atoms with Crippen LogP contribution >= 0.6 is 0 Å². The third-order valence-electron chi connectivity index (χ3n) is 2.71. The van der Waals surface area contributed by atoms with Gasteiger partial charge in [-0.25, -0.2) is 0 Å². The summed E-state index contributed by atoms with van der Waals surface area (Å²) in [7, 11) is 0. The third kappa shape index (κ3) is 4.78. The lowest BCUT2D eigenvalue weighted by Gasteiger charge is -2.22. The maximum atomic E-state index is 11.8. The molecule has 1 rings (SSSR count). The standard InChI is InChI=1S/C15H23NO2/c1-5-11(10-14(17)18-15(2,3)4)12-7-6-8-13(16)9-12/h6-9,11H,5,10,16H2,1-4H3/t11-/m1/s1. The fourth-order valence-electron chi connectivity index (χ4n) is 1.90. The number of anilines is 1. The molecule has 2 N–H and O–H groups in total. The molecule has 0 saturated heterocycles. The maximum Gasteiger partial charge on any atom is 0.306 e. The quantitative estimate of drug-likeness (QED) is 0.656. The van der Waals surface area contributed by atoms with Crippen molar-refractivity contribution in [2.24, 2.45) is 0 Å². The number of nitrogen functional groups attached to an aromatic ring is 1. The highest BCUT2D eigenvalue weighted by molar-refractivity contribution is 5.71. The zero-order chi connectivity index (χ0) is 13.8. The van der Waals surface area contributed by atoms with E-state index >= 15 is 0 Å². The number of carbonyl (C=O) groups excluding carboxylic acids is 1. The third-order valence-corrected chi connectivity index (χ3v) is 2.71. The Balaban J connectivity index is 2.71. The van der Waals surface area contributed by atoms with Crippen molar-refractivity contribution in [3.05, 3.63) is 29.8 Å². The van der Waals surface area contributed by atoms with Crippen molar-refractivity contribution in [1.82, 2.24) is 0 Å². The van der Waals surface area contributed by atoms with E-state index in [2.05, 4.69) is 6.92 Å². The second kappa shape index (κ2) is 5.89. The average molecular weight is 249 g/mol. The molecule has 3 nitrogen and oxygen atoms in total. The van der Waals surface area contributed by atoms with Gasteiger partial charge >= 0.3 is 5.97 Å². The number of carbonyl (C=O) groups is 1. The van der Waals surface area contributed by atoms with Crippen molar-refractivity contribution in [2.45, 2.75) is 52.1 Å². The van der Waals surface area contributed by atoms with Crippen molar-refractivity contribution in [2.75, 3.05) is 5.73 Å². The van der Waals surface area contributed by atoms with Crippen LogP contribution in [0.1, 0.15) is 52.0 Å². The minimum Gasteiger partial charge on any atom is -0.460 e. The van der Waals surface area contributed by atoms with E-state index in [1.165, 1.54) is 0 Å². The average Bonchev–Trinajstić information content (AvgIpc) is 2.23. The second-order valence-electron chi connectivity index (χ2n) is 5.57. The Morgan fingerprint density at radius 1 is 1.39 bits per heavy atom. The van der Waals surface area contributed by atoms with Crippen LogP contribution in [0, 0.1) is 0 Å². The highest BCUT2D eigenvalue weighted by Crippen LogP contribution is 2.26. The summed E-state index contributed by atoms with van der Waals surface area (Å²) in [5, 5.41) is 0. The summed E-state index contributed by atoms with van der Waals surface area (Å²) >= 11 is 0. The minimum absolute atomic E-state index is 0.156. The van der Waals surface area contributed by atoms with E-state index in [1.54, 1.807) is 0 Å². The zero-order valence-electron chi connectivity index (χ0n) is 11.7. The molecule has 0 unspecified atom stereocenters. The second-order valence-corrected chi connectivity index (χ2v) is 5.57. The maximum absolute atomic E-state index is 11.8. The van der Waals surface area contributed by atoms with Gasteiger partial charge in [0.05, 0.1) is 6.42 Å². The highest BCUT2D eigenvalue weighted by atomic mass is 16.6. The van der Waals surface area contributed by atoms with Gasteiger partial charge in [0.1, 0.15) is 5.60 Å². The van der Waals surface area contributed by atoms with Gasteiger partial charge in [-0.05, 0) is 50.8 Å². The van der Waals surface area contributed by atoms with Crippen LogP contribution in [-0.4, -0.2) is 11.6 Å². The van der Waals surface area contributed by atoms with Crippen LogP contribution in [0.25, 0.3) is 0 Å². The Kier molecular flexibility index (Phi) is 4.76. The first kappa shape index (κ1) is 14.6. The zero-order valence-corrected chi connectivity index (χ0v) is 11.7. The number of hydrogen-bond acceptors (Lipinski definition) is 3. The highest BCUT2D eigenvalue weighted by Gasteiger charge is 2.20. The molecule has 1 aromatic carbocycles. The molecule has 1 atom stereocenters. The molecule has 0 heterocycles. The fourth-order valence-corrected chi connectivity index (χ4v) is 1.90. The lowest BCUT2D eigenvalue weighted by Crippen LogP contribution is -2.24. The summed E-state index contributed by atoms with van der Waals surface area (Å²) in [6.45, 7) is 7.71. The van der Waals surface area contributed by atoms with E-state index in [0.717, 1.165) is 17.7 Å². The number of rotatable bonds is 4. The first-order valence-corrected chi connectivity index (χ1v) is 6.39. The first-order chi connectivity index (χ1) is 8.31. The number of esters is 1. The molecule has 0 aliphatic carbocycles. The van der Waals surface area contributed by atoms with Crippen LogP contribution < -0.4 is 5.73 Å². The molecule has 1 aromatic rings. The molecular weight excluding hydrogens is 226 g/mol. The van der Waals surface area contributed by atoms with E-state index < -0.39 is 5.60 Å². The number of ether oxygens (including phenoxy) is 1. The molecule has 0 aliphatic rings. The predicted molar refractivity (Wildman–Crippen MR) is 74.3 cm³/mol. The van der Waals surface area contributed by atoms with Gasteiger partial charge in [-0.2, -0.15) is 0 Å². The Morgan fingerprint density at radius 3 is 2.56 bits per heavy atom. The van der Waals surface area contributed by atoms with Crippen molar-refractivity contribution in [1.29, 1.82) is 0 Å². The van der Waals surface area contributed by atoms with Gasteiger partial charge in [0, 0.05) is 5.69 Å². The van der Waals surface area contributed by atoms with E-state index in [4.69, 9.17) is 10.5 Å². The van der Waals surface area contributed by atoms with E-state index in [0.29, 0.717) is 6.42 Å². The van der Waals surface area contributed by atoms with Gasteiger partial charge in [0.2, 0.25) is 0 Å². The lowest BCUT2D eigenvalue weighted by atomic mass is 9.93. The molecule has 0 aromatic heterocycles. The van der Waals surface area contributed by atoms with Crippen LogP contribution in [0.4, 0.5) is 5.69 Å². The Morgan fingerprint density at radius 2 is 2.06 bits per heavy atom. The number of nitrogens with two attached hydrogens (primary N) is 1. The molecule has 0 saturated carbocycles. The van der Waals surface area contributed by atoms with E-state index in [-0.39, 0.29) is 11.9 Å². The molecule has 0 aliphatic heterocycles. The van der Waals surface area contributed by atoms with Gasteiger partial charge in [-0.15, -0.1) is 0 Å². The Labute approximate surface area is 109 Å². The lowest BCUT2D eigenvalue weighted by molar-refractivity contribution is -0.155. The summed E-state index contributed by atoms with van der Waals surface area (Å²) in [4.78, 5) is 11.8. The van der Waals surface area contributed by atoms with Crippen LogP contribution in [-0.2, 0) is 9.53 Å². The van der Waals surface area contributed by atoms with Crippen LogP contribution in [0.15, 0.2) is 24.3 Å². The summed E-state index contributed by atoms with van der Waals surface area (Å²) < 4.78 is 5.35. The topological polar surface area (TPSA) is 52.3 Å². The van der Waals surface area contributed by atoms with Crippen molar-refractivity contribution in [3.8, 4) is 0 Å². The molecule has 3 heteroatoms. The monoisotopic (exact) mass is 249 g/mol.